The zero-order chi connectivity index (χ0) is 16.2. The molecular weight excluding hydrogens is 327 g/mol. The highest BCUT2D eigenvalue weighted by atomic mass is 31.2. The highest BCUT2D eigenvalue weighted by Gasteiger charge is 2.13. The van der Waals surface area contributed by atoms with Crippen molar-refractivity contribution in [3.05, 3.63) is 35.0 Å². The van der Waals surface area contributed by atoms with Gasteiger partial charge in [-0.05, 0) is 12.1 Å². The lowest BCUT2D eigenvalue weighted by molar-refractivity contribution is 0.148. The zero-order valence-corrected chi connectivity index (χ0v) is 13.0. The number of anilines is 1. The lowest BCUT2D eigenvalue weighted by atomic mass is 10.3. The monoisotopic (exact) mass is 344 g/mol. The molecule has 0 radical (unpaired) electrons. The number of hydrogen-bond acceptors (Lipinski definition) is 8. The van der Waals surface area contributed by atoms with Crippen LogP contribution in [0.25, 0.3) is 11.4 Å². The first-order chi connectivity index (χ1) is 10.4. The van der Waals surface area contributed by atoms with Crippen LogP contribution in [-0.2, 0) is 15.8 Å². The van der Waals surface area contributed by atoms with Crippen molar-refractivity contribution in [1.82, 2.24) is 25.7 Å². The zero-order valence-electron chi connectivity index (χ0n) is 12.1. The third-order valence-corrected chi connectivity index (χ3v) is 3.09. The summed E-state index contributed by atoms with van der Waals surface area (Å²) in [6, 6.07) is 3.37. The summed E-state index contributed by atoms with van der Waals surface area (Å²) in [6.07, 6.45) is 2.35. The Morgan fingerprint density at radius 2 is 2.09 bits per heavy atom. The van der Waals surface area contributed by atoms with Crippen molar-refractivity contribution in [3.63, 3.8) is 0 Å². The quantitative estimate of drug-likeness (QED) is 0.396. The third-order valence-electron chi connectivity index (χ3n) is 2.57. The minimum atomic E-state index is -4.24. The first kappa shape index (κ1) is 18.9. The van der Waals surface area contributed by atoms with Gasteiger partial charge in [-0.1, -0.05) is 0 Å². The standard InChI is InChI=1S/C11H14N5O5P.H3N/c12-10-14-9(8-2-1-3-13-6-8)15-11(17)16(10)4-5-21-7-22(18,19)20;/h1-3,6H,4-5,7H2,(H2,18,19,20)(H2,12,14,15,17);1H3. The number of nitrogen functional groups attached to an aromatic ring is 1. The summed E-state index contributed by atoms with van der Waals surface area (Å²) in [6.45, 7) is -0.122. The van der Waals surface area contributed by atoms with Crippen LogP contribution in [0.3, 0.4) is 0 Å². The molecule has 126 valence electrons. The number of nitrogens with zero attached hydrogens (tertiary/aromatic N) is 4. The Bertz CT molecular complexity index is 746. The van der Waals surface area contributed by atoms with Crippen LogP contribution in [0, 0.1) is 0 Å². The predicted molar refractivity (Wildman–Crippen MR) is 81.8 cm³/mol. The average Bonchev–Trinajstić information content (AvgIpc) is 2.45. The Labute approximate surface area is 130 Å². The molecule has 0 amide bonds. The molecule has 2 aromatic rings. The van der Waals surface area contributed by atoms with Crippen molar-refractivity contribution < 1.29 is 19.1 Å². The molecule has 0 saturated heterocycles. The second kappa shape index (κ2) is 7.90. The first-order valence-corrected chi connectivity index (χ1v) is 7.93. The summed E-state index contributed by atoms with van der Waals surface area (Å²) in [7, 11) is -4.24. The molecule has 0 atom stereocenters. The minimum Gasteiger partial charge on any atom is -0.369 e. The second-order valence-corrected chi connectivity index (χ2v) is 5.87. The molecule has 0 fully saturated rings. The highest BCUT2D eigenvalue weighted by molar-refractivity contribution is 7.51. The van der Waals surface area contributed by atoms with Gasteiger partial charge in [-0.3, -0.25) is 14.1 Å². The molecular formula is C11H17N6O5P. The van der Waals surface area contributed by atoms with E-state index in [1.54, 1.807) is 18.3 Å². The van der Waals surface area contributed by atoms with Crippen LogP contribution in [0.15, 0.2) is 29.3 Å². The van der Waals surface area contributed by atoms with Crippen LogP contribution in [-0.4, -0.2) is 42.3 Å². The van der Waals surface area contributed by atoms with Crippen molar-refractivity contribution in [1.29, 1.82) is 0 Å². The van der Waals surface area contributed by atoms with E-state index in [1.807, 2.05) is 0 Å². The van der Waals surface area contributed by atoms with E-state index >= 15 is 0 Å². The summed E-state index contributed by atoms with van der Waals surface area (Å²) in [5, 5.41) is 0. The molecule has 2 heterocycles. The molecule has 2 rings (SSSR count). The van der Waals surface area contributed by atoms with E-state index in [0.717, 1.165) is 4.57 Å². The molecule has 0 aromatic carbocycles. The van der Waals surface area contributed by atoms with Crippen LogP contribution >= 0.6 is 7.60 Å². The Morgan fingerprint density at radius 1 is 1.35 bits per heavy atom. The van der Waals surface area contributed by atoms with Gasteiger partial charge in [0, 0.05) is 18.0 Å². The average molecular weight is 344 g/mol. The van der Waals surface area contributed by atoms with Gasteiger partial charge in [-0.25, -0.2) is 4.79 Å². The molecule has 11 nitrogen and oxygen atoms in total. The van der Waals surface area contributed by atoms with Crippen molar-refractivity contribution in [2.24, 2.45) is 0 Å². The fourth-order valence-electron chi connectivity index (χ4n) is 1.62. The molecule has 0 aliphatic rings. The van der Waals surface area contributed by atoms with E-state index in [-0.39, 0.29) is 31.1 Å². The first-order valence-electron chi connectivity index (χ1n) is 6.14. The van der Waals surface area contributed by atoms with Gasteiger partial charge in [0.2, 0.25) is 5.95 Å². The third kappa shape index (κ3) is 5.51. The second-order valence-electron chi connectivity index (χ2n) is 4.28. The van der Waals surface area contributed by atoms with E-state index in [4.69, 9.17) is 20.3 Å². The lowest BCUT2D eigenvalue weighted by Gasteiger charge is -2.10. The molecule has 0 unspecified atom stereocenters. The van der Waals surface area contributed by atoms with E-state index in [1.165, 1.54) is 6.20 Å². The Morgan fingerprint density at radius 3 is 2.65 bits per heavy atom. The number of hydrogen-bond donors (Lipinski definition) is 4. The number of pyridine rings is 1. The Kier molecular flexibility index (Phi) is 6.49. The maximum absolute atomic E-state index is 11.9. The summed E-state index contributed by atoms with van der Waals surface area (Å²) in [5.74, 6) is 0.0848. The lowest BCUT2D eigenvalue weighted by Crippen LogP contribution is -2.29. The van der Waals surface area contributed by atoms with Gasteiger partial charge in [-0.15, -0.1) is 0 Å². The van der Waals surface area contributed by atoms with E-state index < -0.39 is 19.6 Å². The van der Waals surface area contributed by atoms with Crippen molar-refractivity contribution in [2.75, 3.05) is 18.7 Å². The molecule has 12 heteroatoms. The molecule has 23 heavy (non-hydrogen) atoms. The van der Waals surface area contributed by atoms with Crippen LogP contribution < -0.4 is 17.6 Å². The summed E-state index contributed by atoms with van der Waals surface area (Å²) in [4.78, 5) is 40.9. The van der Waals surface area contributed by atoms with Gasteiger partial charge >= 0.3 is 13.3 Å². The van der Waals surface area contributed by atoms with Crippen molar-refractivity contribution in [2.45, 2.75) is 6.54 Å². The van der Waals surface area contributed by atoms with Crippen LogP contribution in [0.1, 0.15) is 0 Å². The maximum atomic E-state index is 11.9. The molecule has 0 saturated carbocycles. The van der Waals surface area contributed by atoms with Gasteiger partial charge in [0.1, 0.15) is 6.35 Å². The molecule has 0 bridgehead atoms. The predicted octanol–water partition coefficient (Wildman–Crippen LogP) is -0.404. The SMILES string of the molecule is N.Nc1nc(-c2cccnc2)nc(=O)n1CCOCP(=O)(O)O. The van der Waals surface area contributed by atoms with Gasteiger partial charge < -0.3 is 26.4 Å². The molecule has 0 aliphatic heterocycles. The van der Waals surface area contributed by atoms with E-state index in [0.29, 0.717) is 5.56 Å². The van der Waals surface area contributed by atoms with Crippen LogP contribution in [0.5, 0.6) is 0 Å². The van der Waals surface area contributed by atoms with Crippen LogP contribution in [0.2, 0.25) is 0 Å². The molecule has 0 spiro atoms. The Balaban J connectivity index is 0.00000264. The molecule has 7 N–H and O–H groups in total. The summed E-state index contributed by atoms with van der Waals surface area (Å²) in [5.41, 5.74) is 5.63. The summed E-state index contributed by atoms with van der Waals surface area (Å²) < 4.78 is 16.5. The number of nitrogens with two attached hydrogens (primary N) is 1. The van der Waals surface area contributed by atoms with E-state index in [2.05, 4.69) is 15.0 Å². The molecule has 0 aliphatic carbocycles. The van der Waals surface area contributed by atoms with E-state index in [9.17, 15) is 9.36 Å². The van der Waals surface area contributed by atoms with Gasteiger partial charge in [0.25, 0.3) is 0 Å². The fraction of sp³-hybridized carbons (Fsp3) is 0.273. The van der Waals surface area contributed by atoms with Gasteiger partial charge in [0.15, 0.2) is 5.82 Å². The van der Waals surface area contributed by atoms with Gasteiger partial charge in [-0.2, -0.15) is 9.97 Å². The van der Waals surface area contributed by atoms with Gasteiger partial charge in [0.05, 0.1) is 13.2 Å². The molecule has 2 aromatic heterocycles. The normalized spacial score (nSPS) is 11.0. The van der Waals surface area contributed by atoms with Crippen LogP contribution in [0.4, 0.5) is 5.95 Å². The summed E-state index contributed by atoms with van der Waals surface area (Å²) >= 11 is 0. The fourth-order valence-corrected chi connectivity index (χ4v) is 1.98. The number of ether oxygens (including phenoxy) is 1. The Hall–Kier alpha value is -2.17. The number of rotatable bonds is 6. The minimum absolute atomic E-state index is 0. The number of aromatic nitrogens is 4. The smallest absolute Gasteiger partial charge is 0.352 e. The maximum Gasteiger partial charge on any atom is 0.352 e. The largest absolute Gasteiger partial charge is 0.369 e. The van der Waals surface area contributed by atoms with Crippen molar-refractivity contribution >= 4 is 13.5 Å². The topological polar surface area (TPSA) is 188 Å². The highest BCUT2D eigenvalue weighted by Crippen LogP contribution is 2.33. The van der Waals surface area contributed by atoms with Crippen molar-refractivity contribution in [3.8, 4) is 11.4 Å².